The Labute approximate surface area is 442 Å². The molecule has 1 saturated carbocycles. The summed E-state index contributed by atoms with van der Waals surface area (Å²) < 4.78 is 11.8. The van der Waals surface area contributed by atoms with Gasteiger partial charge in [-0.15, -0.1) is 0 Å². The van der Waals surface area contributed by atoms with Crippen LogP contribution in [0.5, 0.6) is 11.5 Å². The van der Waals surface area contributed by atoms with E-state index in [1.807, 2.05) is 115 Å². The second-order valence-electron chi connectivity index (χ2n) is 19.5. The lowest BCUT2D eigenvalue weighted by molar-refractivity contribution is -0.143. The summed E-state index contributed by atoms with van der Waals surface area (Å²) in [6.45, 7) is 4.69. The van der Waals surface area contributed by atoms with E-state index in [1.54, 1.807) is 38.1 Å². The minimum Gasteiger partial charge on any atom is -0.508 e. The van der Waals surface area contributed by atoms with Crippen molar-refractivity contribution in [2.24, 2.45) is 5.92 Å². The Morgan fingerprint density at radius 2 is 1.31 bits per heavy atom. The van der Waals surface area contributed by atoms with Gasteiger partial charge < -0.3 is 45.6 Å². The maximum Gasteiger partial charge on any atom is 0.248 e. The molecule has 5 aromatic rings. The van der Waals surface area contributed by atoms with Gasteiger partial charge >= 0.3 is 0 Å². The van der Waals surface area contributed by atoms with E-state index in [9.17, 15) is 29.1 Å². The Morgan fingerprint density at radius 3 is 1.91 bits per heavy atom. The molecule has 2 aliphatic rings. The predicted molar refractivity (Wildman–Crippen MR) is 293 cm³/mol. The standard InChI is InChI=1S/C61H74N6O8/c1-5-51(43-19-10-6-11-20-43)54(46-28-32-49(68)33-29-46)47-30-34-50(35-31-47)75-40-38-66(4)53(69)41-74-39-36-63-60(72)57(55(44-21-12-7-13-22-44)45-23-14-8-15-24-45)65-59(71)52-27-18-37-67(52)61(73)56(48-25-16-9-17-26-48)64-58(70)42(2)62-3/h6-8,10-15,19-24,28-35,42,48,52,55-57,62,68H,5,9,16-18,25-27,36-41H2,1-4H3,(H,63,72)(H,64,70)(H,65,71). The first-order valence-electron chi connectivity index (χ1n) is 26.6. The molecule has 0 spiro atoms. The molecule has 5 amide bonds. The number of nitrogens with zero attached hydrogens (tertiary/aromatic N) is 2. The van der Waals surface area contributed by atoms with Gasteiger partial charge in [0.15, 0.2) is 0 Å². The Kier molecular flexibility index (Phi) is 20.6. The van der Waals surface area contributed by atoms with Crippen molar-refractivity contribution in [3.8, 4) is 11.5 Å². The van der Waals surface area contributed by atoms with Crippen LogP contribution in [-0.4, -0.2) is 122 Å². The molecule has 4 atom stereocenters. The fraction of sp³-hybridized carbons (Fsp3) is 0.393. The van der Waals surface area contributed by atoms with E-state index in [1.165, 1.54) is 10.5 Å². The van der Waals surface area contributed by atoms with Crippen LogP contribution in [0.3, 0.4) is 0 Å². The fourth-order valence-electron chi connectivity index (χ4n) is 10.3. The third kappa shape index (κ3) is 14.9. The van der Waals surface area contributed by atoms with Crippen molar-refractivity contribution in [1.29, 1.82) is 0 Å². The number of rotatable bonds is 24. The number of likely N-dealkylation sites (tertiary alicyclic amines) is 1. The van der Waals surface area contributed by atoms with Crippen molar-refractivity contribution in [2.75, 3.05) is 53.6 Å². The van der Waals surface area contributed by atoms with Gasteiger partial charge in [-0.05, 0) is 115 Å². The molecule has 1 heterocycles. The van der Waals surface area contributed by atoms with Crippen LogP contribution < -0.4 is 26.0 Å². The van der Waals surface area contributed by atoms with Gasteiger partial charge in [0.05, 0.1) is 19.2 Å². The van der Waals surface area contributed by atoms with Gasteiger partial charge in [-0.25, -0.2) is 0 Å². The van der Waals surface area contributed by atoms with Crippen molar-refractivity contribution in [3.63, 3.8) is 0 Å². The Balaban J connectivity index is 0.955. The number of phenolic OH excluding ortho intramolecular Hbond substituents is 1. The number of phenols is 1. The zero-order valence-corrected chi connectivity index (χ0v) is 43.8. The third-order valence-electron chi connectivity index (χ3n) is 14.5. The number of carbonyl (C=O) groups excluding carboxylic acids is 5. The molecule has 2 fully saturated rings. The highest BCUT2D eigenvalue weighted by molar-refractivity contribution is 5.99. The van der Waals surface area contributed by atoms with E-state index in [0.29, 0.717) is 31.7 Å². The number of hydrogen-bond acceptors (Lipinski definition) is 9. The van der Waals surface area contributed by atoms with Crippen molar-refractivity contribution < 1.29 is 38.6 Å². The SMILES string of the molecule is CCC(=C(c1ccc(O)cc1)c1ccc(OCCN(C)C(=O)COCCNC(=O)C(NC(=O)C2CCCN2C(=O)C(NC(=O)C(C)NC)C2CCCCC2)C(c2ccccc2)c2ccccc2)cc1)c1ccccc1. The smallest absolute Gasteiger partial charge is 0.248 e. The van der Waals surface area contributed by atoms with Crippen LogP contribution >= 0.6 is 0 Å². The third-order valence-corrected chi connectivity index (χ3v) is 14.5. The number of likely N-dealkylation sites (N-methyl/N-ethyl adjacent to an activating group) is 2. The molecule has 1 aliphatic carbocycles. The summed E-state index contributed by atoms with van der Waals surface area (Å²) in [6, 6.07) is 41.2. The maximum atomic E-state index is 14.6. The zero-order valence-electron chi connectivity index (χ0n) is 43.8. The molecular weight excluding hydrogens is 945 g/mol. The Bertz CT molecular complexity index is 2620. The second-order valence-corrected chi connectivity index (χ2v) is 19.5. The van der Waals surface area contributed by atoms with Crippen LogP contribution in [0.4, 0.5) is 0 Å². The van der Waals surface area contributed by atoms with E-state index in [2.05, 4.69) is 40.3 Å². The van der Waals surface area contributed by atoms with Gasteiger partial charge in [-0.2, -0.15) is 0 Å². The molecule has 1 saturated heterocycles. The maximum absolute atomic E-state index is 14.6. The van der Waals surface area contributed by atoms with Crippen LogP contribution in [0.15, 0.2) is 140 Å². The van der Waals surface area contributed by atoms with Crippen LogP contribution in [0.1, 0.15) is 98.9 Å². The summed E-state index contributed by atoms with van der Waals surface area (Å²) >= 11 is 0. The Morgan fingerprint density at radius 1 is 0.707 bits per heavy atom. The molecule has 14 heteroatoms. The van der Waals surface area contributed by atoms with Gasteiger partial charge in [0.2, 0.25) is 29.5 Å². The molecule has 5 N–H and O–H groups in total. The van der Waals surface area contributed by atoms with Crippen LogP contribution in [0.2, 0.25) is 0 Å². The number of hydrogen-bond donors (Lipinski definition) is 5. The van der Waals surface area contributed by atoms with Gasteiger partial charge in [0.25, 0.3) is 0 Å². The summed E-state index contributed by atoms with van der Waals surface area (Å²) in [6.07, 6.45) is 6.47. The number of benzene rings is 5. The van der Waals surface area contributed by atoms with Crippen molar-refractivity contribution >= 4 is 40.7 Å². The molecule has 0 aromatic heterocycles. The quantitative estimate of drug-likeness (QED) is 0.0306. The van der Waals surface area contributed by atoms with Crippen LogP contribution in [-0.2, 0) is 28.7 Å². The largest absolute Gasteiger partial charge is 0.508 e. The number of ether oxygens (including phenoxy) is 2. The molecule has 5 aromatic carbocycles. The van der Waals surface area contributed by atoms with Gasteiger partial charge in [-0.1, -0.05) is 141 Å². The average Bonchev–Trinajstić information content (AvgIpc) is 3.95. The normalized spacial score (nSPS) is 16.3. The number of nitrogens with one attached hydrogen (secondary N) is 4. The minimum atomic E-state index is -1.09. The molecule has 0 radical (unpaired) electrons. The van der Waals surface area contributed by atoms with Crippen molar-refractivity contribution in [3.05, 3.63) is 167 Å². The lowest BCUT2D eigenvalue weighted by Gasteiger charge is -2.36. The molecule has 14 nitrogen and oxygen atoms in total. The first kappa shape index (κ1) is 55.5. The van der Waals surface area contributed by atoms with E-state index in [4.69, 9.17) is 9.47 Å². The summed E-state index contributed by atoms with van der Waals surface area (Å²) in [5.74, 6) is -1.46. The molecule has 396 valence electrons. The van der Waals surface area contributed by atoms with E-state index in [0.717, 1.165) is 71.9 Å². The lowest BCUT2D eigenvalue weighted by Crippen LogP contribution is -2.59. The number of carbonyl (C=O) groups is 5. The molecule has 1 aliphatic heterocycles. The highest BCUT2D eigenvalue weighted by atomic mass is 16.5. The fourth-order valence-corrected chi connectivity index (χ4v) is 10.3. The Hall–Kier alpha value is -7.29. The van der Waals surface area contributed by atoms with Crippen molar-refractivity contribution in [1.82, 2.24) is 31.1 Å². The van der Waals surface area contributed by atoms with E-state index in [-0.39, 0.29) is 55.8 Å². The lowest BCUT2D eigenvalue weighted by atomic mass is 9.83. The van der Waals surface area contributed by atoms with Crippen LogP contribution in [0, 0.1) is 5.92 Å². The van der Waals surface area contributed by atoms with Crippen molar-refractivity contribution in [2.45, 2.75) is 95.3 Å². The number of allylic oxidation sites excluding steroid dienone is 1. The zero-order chi connectivity index (χ0) is 53.1. The van der Waals surface area contributed by atoms with Gasteiger partial charge in [0, 0.05) is 26.1 Å². The topological polar surface area (TPSA) is 179 Å². The molecule has 4 unspecified atom stereocenters. The molecular formula is C61H74N6O8. The number of aromatic hydroxyl groups is 1. The highest BCUT2D eigenvalue weighted by Crippen LogP contribution is 2.36. The van der Waals surface area contributed by atoms with Gasteiger partial charge in [0.1, 0.15) is 42.8 Å². The molecule has 75 heavy (non-hydrogen) atoms. The number of amides is 5. The van der Waals surface area contributed by atoms with Crippen LogP contribution in [0.25, 0.3) is 11.1 Å². The second kappa shape index (κ2) is 27.8. The predicted octanol–water partition coefficient (Wildman–Crippen LogP) is 7.71. The minimum absolute atomic E-state index is 0.0338. The first-order valence-corrected chi connectivity index (χ1v) is 26.6. The summed E-state index contributed by atoms with van der Waals surface area (Å²) in [5, 5.41) is 22.1. The molecule has 7 rings (SSSR count). The summed E-state index contributed by atoms with van der Waals surface area (Å²) in [7, 11) is 3.38. The summed E-state index contributed by atoms with van der Waals surface area (Å²) in [4.78, 5) is 73.1. The average molecular weight is 1020 g/mol. The monoisotopic (exact) mass is 1020 g/mol. The van der Waals surface area contributed by atoms with Gasteiger partial charge in [-0.3, -0.25) is 24.0 Å². The van der Waals surface area contributed by atoms with E-state index >= 15 is 0 Å². The summed E-state index contributed by atoms with van der Waals surface area (Å²) in [5.41, 5.74) is 7.00. The molecule has 0 bridgehead atoms. The first-order chi connectivity index (χ1) is 36.5. The van der Waals surface area contributed by atoms with E-state index < -0.39 is 41.9 Å². The highest BCUT2D eigenvalue weighted by Gasteiger charge is 2.43.